The molecule has 1 amide bonds. The van der Waals surface area contributed by atoms with Gasteiger partial charge in [0.25, 0.3) is 5.91 Å². The molecule has 0 atom stereocenters. The third-order valence-electron chi connectivity index (χ3n) is 4.85. The lowest BCUT2D eigenvalue weighted by atomic mass is 10.1. The molecule has 0 spiro atoms. The van der Waals surface area contributed by atoms with Crippen molar-refractivity contribution in [2.24, 2.45) is 0 Å². The van der Waals surface area contributed by atoms with Crippen LogP contribution in [0, 0.1) is 13.8 Å². The summed E-state index contributed by atoms with van der Waals surface area (Å²) in [6.45, 7) is 4.06. The highest BCUT2D eigenvalue weighted by Crippen LogP contribution is 2.27. The van der Waals surface area contributed by atoms with Gasteiger partial charge in [0, 0.05) is 10.0 Å². The van der Waals surface area contributed by atoms with Gasteiger partial charge in [-0.3, -0.25) is 4.79 Å². The standard InChI is InChI=1S/C24H21BrN4O2/c1-15-8-13-20(16(2)14-15)29-23(17-9-11-18(25)12-10-17)27-22(28-29)24(30)26-19-6-4-5-7-21(19)31-3/h4-14H,1-3H3,(H,26,30). The van der Waals surface area contributed by atoms with Gasteiger partial charge in [-0.1, -0.05) is 57.9 Å². The molecule has 0 saturated carbocycles. The average Bonchev–Trinajstić information content (AvgIpc) is 3.20. The van der Waals surface area contributed by atoms with Gasteiger partial charge in [0.2, 0.25) is 5.82 Å². The quantitative estimate of drug-likeness (QED) is 0.408. The molecule has 0 fully saturated rings. The van der Waals surface area contributed by atoms with Gasteiger partial charge in [0.15, 0.2) is 5.82 Å². The van der Waals surface area contributed by atoms with Crippen molar-refractivity contribution in [1.82, 2.24) is 14.8 Å². The molecule has 0 bridgehead atoms. The zero-order valence-corrected chi connectivity index (χ0v) is 19.0. The number of nitrogens with zero attached hydrogens (tertiary/aromatic N) is 3. The lowest BCUT2D eigenvalue weighted by Crippen LogP contribution is -2.15. The van der Waals surface area contributed by atoms with Crippen LogP contribution >= 0.6 is 15.9 Å². The van der Waals surface area contributed by atoms with Gasteiger partial charge in [-0.15, -0.1) is 5.10 Å². The SMILES string of the molecule is COc1ccccc1NC(=O)c1nc(-c2ccc(Br)cc2)n(-c2ccc(C)cc2C)n1. The number of methoxy groups -OCH3 is 1. The zero-order valence-electron chi connectivity index (χ0n) is 17.4. The number of hydrogen-bond donors (Lipinski definition) is 1. The Bertz CT molecular complexity index is 1250. The first kappa shape index (κ1) is 20.8. The molecule has 156 valence electrons. The lowest BCUT2D eigenvalue weighted by Gasteiger charge is -2.10. The molecular weight excluding hydrogens is 456 g/mol. The van der Waals surface area contributed by atoms with Crippen molar-refractivity contribution in [3.05, 3.63) is 88.2 Å². The van der Waals surface area contributed by atoms with Crippen LogP contribution in [0.5, 0.6) is 5.75 Å². The average molecular weight is 477 g/mol. The molecule has 0 aliphatic heterocycles. The third-order valence-corrected chi connectivity index (χ3v) is 5.38. The van der Waals surface area contributed by atoms with E-state index in [9.17, 15) is 4.79 Å². The van der Waals surface area contributed by atoms with E-state index in [4.69, 9.17) is 4.74 Å². The normalized spacial score (nSPS) is 10.7. The Labute approximate surface area is 189 Å². The van der Waals surface area contributed by atoms with E-state index in [2.05, 4.69) is 37.4 Å². The molecule has 3 aromatic carbocycles. The molecule has 4 aromatic rings. The number of rotatable bonds is 5. The third kappa shape index (κ3) is 4.36. The van der Waals surface area contributed by atoms with Crippen molar-refractivity contribution >= 4 is 27.5 Å². The van der Waals surface area contributed by atoms with Crippen LogP contribution < -0.4 is 10.1 Å². The van der Waals surface area contributed by atoms with Crippen molar-refractivity contribution in [3.8, 4) is 22.8 Å². The highest BCUT2D eigenvalue weighted by molar-refractivity contribution is 9.10. The number of carbonyl (C=O) groups excluding carboxylic acids is 1. The van der Waals surface area contributed by atoms with Crippen molar-refractivity contribution in [2.75, 3.05) is 12.4 Å². The number of halogens is 1. The minimum atomic E-state index is -0.411. The Hall–Kier alpha value is -3.45. The second kappa shape index (κ2) is 8.73. The smallest absolute Gasteiger partial charge is 0.295 e. The first-order valence-corrected chi connectivity index (χ1v) is 10.5. The van der Waals surface area contributed by atoms with E-state index < -0.39 is 5.91 Å². The highest BCUT2D eigenvalue weighted by atomic mass is 79.9. The van der Waals surface area contributed by atoms with Crippen LogP contribution in [0.15, 0.2) is 71.2 Å². The second-order valence-electron chi connectivity index (χ2n) is 7.12. The molecule has 1 N–H and O–H groups in total. The summed E-state index contributed by atoms with van der Waals surface area (Å²) in [4.78, 5) is 17.6. The molecule has 7 heteroatoms. The van der Waals surface area contributed by atoms with E-state index in [1.165, 1.54) is 0 Å². The Morgan fingerprint density at radius 2 is 1.77 bits per heavy atom. The van der Waals surface area contributed by atoms with Crippen molar-refractivity contribution in [1.29, 1.82) is 0 Å². The Balaban J connectivity index is 1.79. The summed E-state index contributed by atoms with van der Waals surface area (Å²) < 4.78 is 8.00. The number of hydrogen-bond acceptors (Lipinski definition) is 4. The summed E-state index contributed by atoms with van der Waals surface area (Å²) >= 11 is 3.46. The van der Waals surface area contributed by atoms with Gasteiger partial charge in [-0.05, 0) is 49.7 Å². The largest absolute Gasteiger partial charge is 0.495 e. The first-order valence-electron chi connectivity index (χ1n) is 9.71. The maximum absolute atomic E-state index is 13.0. The zero-order chi connectivity index (χ0) is 22.0. The summed E-state index contributed by atoms with van der Waals surface area (Å²) in [7, 11) is 1.56. The molecule has 1 aromatic heterocycles. The van der Waals surface area contributed by atoms with Crippen LogP contribution in [0.1, 0.15) is 21.7 Å². The van der Waals surface area contributed by atoms with E-state index in [0.717, 1.165) is 26.9 Å². The van der Waals surface area contributed by atoms with E-state index in [-0.39, 0.29) is 5.82 Å². The fourth-order valence-electron chi connectivity index (χ4n) is 3.33. The fourth-order valence-corrected chi connectivity index (χ4v) is 3.60. The highest BCUT2D eigenvalue weighted by Gasteiger charge is 2.20. The molecule has 31 heavy (non-hydrogen) atoms. The number of anilines is 1. The van der Waals surface area contributed by atoms with Crippen molar-refractivity contribution < 1.29 is 9.53 Å². The van der Waals surface area contributed by atoms with Crippen molar-refractivity contribution in [2.45, 2.75) is 13.8 Å². The van der Waals surface area contributed by atoms with E-state index in [0.29, 0.717) is 17.3 Å². The second-order valence-corrected chi connectivity index (χ2v) is 8.04. The summed E-state index contributed by atoms with van der Waals surface area (Å²) in [6.07, 6.45) is 0. The van der Waals surface area contributed by atoms with Gasteiger partial charge in [-0.2, -0.15) is 0 Å². The maximum atomic E-state index is 13.0. The predicted molar refractivity (Wildman–Crippen MR) is 125 cm³/mol. The van der Waals surface area contributed by atoms with Crippen LogP contribution in [-0.4, -0.2) is 27.8 Å². The molecule has 1 heterocycles. The number of aryl methyl sites for hydroxylation is 2. The minimum absolute atomic E-state index is 0.0730. The molecule has 0 saturated heterocycles. The van der Waals surface area contributed by atoms with Gasteiger partial charge >= 0.3 is 0 Å². The van der Waals surface area contributed by atoms with Gasteiger partial charge < -0.3 is 10.1 Å². The van der Waals surface area contributed by atoms with E-state index in [1.807, 2.05) is 62.4 Å². The number of nitrogens with one attached hydrogen (secondary N) is 1. The predicted octanol–water partition coefficient (Wildman–Crippen LogP) is 5.57. The number of benzene rings is 3. The van der Waals surface area contributed by atoms with Crippen LogP contribution in [0.3, 0.4) is 0 Å². The molecule has 0 radical (unpaired) electrons. The van der Waals surface area contributed by atoms with Crippen molar-refractivity contribution in [3.63, 3.8) is 0 Å². The van der Waals surface area contributed by atoms with Crippen LogP contribution in [0.4, 0.5) is 5.69 Å². The molecule has 0 unspecified atom stereocenters. The summed E-state index contributed by atoms with van der Waals surface area (Å²) in [5, 5.41) is 7.41. The Morgan fingerprint density at radius 1 is 1.03 bits per heavy atom. The summed E-state index contributed by atoms with van der Waals surface area (Å²) in [5.74, 6) is 0.817. The molecule has 0 aliphatic rings. The number of aromatic nitrogens is 3. The van der Waals surface area contributed by atoms with Crippen LogP contribution in [0.2, 0.25) is 0 Å². The van der Waals surface area contributed by atoms with E-state index >= 15 is 0 Å². The van der Waals surface area contributed by atoms with Crippen LogP contribution in [0.25, 0.3) is 17.1 Å². The first-order chi connectivity index (χ1) is 15.0. The van der Waals surface area contributed by atoms with Crippen LogP contribution in [-0.2, 0) is 0 Å². The summed E-state index contributed by atoms with van der Waals surface area (Å²) in [5.41, 5.74) is 4.48. The Morgan fingerprint density at radius 3 is 2.48 bits per heavy atom. The molecule has 4 rings (SSSR count). The number of ether oxygens (including phenoxy) is 1. The van der Waals surface area contributed by atoms with Gasteiger partial charge in [-0.25, -0.2) is 9.67 Å². The monoisotopic (exact) mass is 476 g/mol. The van der Waals surface area contributed by atoms with Gasteiger partial charge in [0.05, 0.1) is 18.5 Å². The number of carbonyl (C=O) groups is 1. The lowest BCUT2D eigenvalue weighted by molar-refractivity contribution is 0.101. The number of para-hydroxylation sites is 2. The Kier molecular flexibility index (Phi) is 5.86. The van der Waals surface area contributed by atoms with E-state index in [1.54, 1.807) is 23.9 Å². The number of amides is 1. The molecule has 6 nitrogen and oxygen atoms in total. The topological polar surface area (TPSA) is 69.0 Å². The molecule has 0 aliphatic carbocycles. The summed E-state index contributed by atoms with van der Waals surface area (Å²) in [6, 6.07) is 21.1. The van der Waals surface area contributed by atoms with Gasteiger partial charge in [0.1, 0.15) is 5.75 Å². The maximum Gasteiger partial charge on any atom is 0.295 e. The minimum Gasteiger partial charge on any atom is -0.495 e. The fraction of sp³-hybridized carbons (Fsp3) is 0.125. The molecular formula is C24H21BrN4O2.